The van der Waals surface area contributed by atoms with E-state index in [-0.39, 0.29) is 0 Å². The maximum atomic E-state index is 6.40. The molecule has 0 bridgehead atoms. The molecule has 0 spiro atoms. The van der Waals surface area contributed by atoms with Crippen molar-refractivity contribution in [1.29, 1.82) is 0 Å². The van der Waals surface area contributed by atoms with E-state index in [9.17, 15) is 0 Å². The van der Waals surface area contributed by atoms with Gasteiger partial charge in [0.25, 0.3) is 0 Å². The van der Waals surface area contributed by atoms with Crippen molar-refractivity contribution in [3.63, 3.8) is 0 Å². The van der Waals surface area contributed by atoms with Gasteiger partial charge in [-0.3, -0.25) is 0 Å². The van der Waals surface area contributed by atoms with E-state index in [2.05, 4.69) is 20.8 Å². The Kier molecular flexibility index (Phi) is 31.0. The van der Waals surface area contributed by atoms with Gasteiger partial charge in [0.1, 0.15) is 0 Å². The molecule has 0 aromatic carbocycles. The van der Waals surface area contributed by atoms with Gasteiger partial charge in [-0.1, -0.05) is 181 Å². The fourth-order valence-corrected chi connectivity index (χ4v) is 5.16. The molecule has 0 aliphatic rings. The average molecular weight is 481 g/mol. The molecule has 0 rings (SSSR count). The Hall–Kier alpha value is -0.0400. The summed E-state index contributed by atoms with van der Waals surface area (Å²) in [4.78, 5) is 0. The predicted octanol–water partition coefficient (Wildman–Crippen LogP) is 12.4. The van der Waals surface area contributed by atoms with Crippen molar-refractivity contribution in [2.45, 2.75) is 207 Å². The minimum absolute atomic E-state index is 0.541. The third-order valence-corrected chi connectivity index (χ3v) is 7.61. The van der Waals surface area contributed by atoms with Crippen LogP contribution < -0.4 is 0 Å². The molecule has 0 saturated heterocycles. The summed E-state index contributed by atoms with van der Waals surface area (Å²) in [5.41, 5.74) is 0. The molecule has 0 radical (unpaired) electrons. The molecule has 1 unspecified atom stereocenters. The smallest absolute Gasteiger partial charge is 0.0575 e. The van der Waals surface area contributed by atoms with Crippen LogP contribution in [0, 0.1) is 0 Å². The summed E-state index contributed by atoms with van der Waals surface area (Å²) in [6, 6.07) is 0. The molecule has 0 aromatic heterocycles. The van der Waals surface area contributed by atoms with Gasteiger partial charge in [0.15, 0.2) is 0 Å². The maximum absolute atomic E-state index is 6.40. The molecule has 0 aliphatic carbocycles. The van der Waals surface area contributed by atoms with E-state index >= 15 is 0 Å². The highest BCUT2D eigenvalue weighted by molar-refractivity contribution is 4.61. The first-order valence-electron chi connectivity index (χ1n) is 16.5. The lowest BCUT2D eigenvalue weighted by atomic mass is 10.0. The molecule has 0 N–H and O–H groups in total. The predicted molar refractivity (Wildman–Crippen MR) is 156 cm³/mol. The van der Waals surface area contributed by atoms with E-state index in [0.29, 0.717) is 6.10 Å². The summed E-state index contributed by atoms with van der Waals surface area (Å²) in [5.74, 6) is 0. The first kappa shape index (κ1) is 34.0. The SMILES string of the molecule is CCCCCCCCCCCCCC(CCCCCCCCCCCC)OCCCCCCC. The van der Waals surface area contributed by atoms with Gasteiger partial charge in [0.2, 0.25) is 0 Å². The molecule has 0 aromatic rings. The number of hydrogen-bond donors (Lipinski definition) is 0. The summed E-state index contributed by atoms with van der Waals surface area (Å²) >= 11 is 0. The van der Waals surface area contributed by atoms with Crippen LogP contribution in [0.2, 0.25) is 0 Å². The standard InChI is InChI=1S/C33H68O/c1-4-7-10-13-15-17-19-21-23-25-28-31-33(34-32-29-26-12-9-6-3)30-27-24-22-20-18-16-14-11-8-5-2/h33H,4-32H2,1-3H3. The zero-order valence-electron chi connectivity index (χ0n) is 24.5. The Bertz CT molecular complexity index is 339. The highest BCUT2D eigenvalue weighted by atomic mass is 16.5. The van der Waals surface area contributed by atoms with Gasteiger partial charge in [0, 0.05) is 6.61 Å². The van der Waals surface area contributed by atoms with Crippen molar-refractivity contribution in [3.8, 4) is 0 Å². The van der Waals surface area contributed by atoms with Gasteiger partial charge in [-0.25, -0.2) is 0 Å². The zero-order valence-corrected chi connectivity index (χ0v) is 24.5. The van der Waals surface area contributed by atoms with E-state index in [1.807, 2.05) is 0 Å². The van der Waals surface area contributed by atoms with Crippen LogP contribution in [0.5, 0.6) is 0 Å². The molecule has 0 fully saturated rings. The molecular weight excluding hydrogens is 412 g/mol. The highest BCUT2D eigenvalue weighted by Gasteiger charge is 2.09. The maximum Gasteiger partial charge on any atom is 0.0575 e. The monoisotopic (exact) mass is 481 g/mol. The Balaban J connectivity index is 3.78. The van der Waals surface area contributed by atoms with Gasteiger partial charge in [-0.15, -0.1) is 0 Å². The van der Waals surface area contributed by atoms with Gasteiger partial charge in [0.05, 0.1) is 6.10 Å². The summed E-state index contributed by atoms with van der Waals surface area (Å²) in [6.45, 7) is 7.91. The van der Waals surface area contributed by atoms with Crippen LogP contribution in [-0.2, 0) is 4.74 Å². The molecule has 0 saturated carbocycles. The van der Waals surface area contributed by atoms with Crippen molar-refractivity contribution >= 4 is 0 Å². The van der Waals surface area contributed by atoms with Crippen LogP contribution in [0.4, 0.5) is 0 Å². The second kappa shape index (κ2) is 31.0. The quantitative estimate of drug-likeness (QED) is 0.0928. The van der Waals surface area contributed by atoms with Crippen molar-refractivity contribution in [2.75, 3.05) is 6.61 Å². The lowest BCUT2D eigenvalue weighted by molar-refractivity contribution is 0.0357. The number of rotatable bonds is 30. The largest absolute Gasteiger partial charge is 0.378 e. The van der Waals surface area contributed by atoms with E-state index in [0.717, 1.165) is 6.61 Å². The molecule has 0 heterocycles. The third kappa shape index (κ3) is 28.2. The Morgan fingerprint density at radius 1 is 0.324 bits per heavy atom. The lowest BCUT2D eigenvalue weighted by Gasteiger charge is -2.18. The fourth-order valence-electron chi connectivity index (χ4n) is 5.16. The van der Waals surface area contributed by atoms with E-state index < -0.39 is 0 Å². The molecular formula is C33H68O. The van der Waals surface area contributed by atoms with Crippen molar-refractivity contribution in [1.82, 2.24) is 0 Å². The van der Waals surface area contributed by atoms with Crippen LogP contribution in [0.1, 0.15) is 201 Å². The lowest BCUT2D eigenvalue weighted by Crippen LogP contribution is -2.14. The fraction of sp³-hybridized carbons (Fsp3) is 1.00. The highest BCUT2D eigenvalue weighted by Crippen LogP contribution is 2.18. The van der Waals surface area contributed by atoms with Gasteiger partial charge in [-0.2, -0.15) is 0 Å². The first-order valence-corrected chi connectivity index (χ1v) is 16.5. The van der Waals surface area contributed by atoms with Gasteiger partial charge >= 0.3 is 0 Å². The molecule has 1 heteroatoms. The topological polar surface area (TPSA) is 9.23 Å². The van der Waals surface area contributed by atoms with Crippen LogP contribution >= 0.6 is 0 Å². The van der Waals surface area contributed by atoms with Crippen LogP contribution in [0.25, 0.3) is 0 Å². The Labute approximate surface area is 218 Å². The summed E-state index contributed by atoms with van der Waals surface area (Å²) in [6.07, 6.45) is 40.0. The summed E-state index contributed by atoms with van der Waals surface area (Å²) in [7, 11) is 0. The van der Waals surface area contributed by atoms with Crippen LogP contribution in [-0.4, -0.2) is 12.7 Å². The van der Waals surface area contributed by atoms with Crippen LogP contribution in [0.3, 0.4) is 0 Å². The average Bonchev–Trinajstić information content (AvgIpc) is 2.85. The first-order chi connectivity index (χ1) is 16.8. The Morgan fingerprint density at radius 3 is 0.912 bits per heavy atom. The third-order valence-electron chi connectivity index (χ3n) is 7.61. The molecule has 0 aliphatic heterocycles. The minimum atomic E-state index is 0.541. The molecule has 0 amide bonds. The molecule has 1 atom stereocenters. The number of ether oxygens (including phenoxy) is 1. The molecule has 206 valence electrons. The van der Waals surface area contributed by atoms with E-state index in [4.69, 9.17) is 4.74 Å². The molecule has 1 nitrogen and oxygen atoms in total. The second-order valence-electron chi connectivity index (χ2n) is 11.2. The number of unbranched alkanes of at least 4 members (excludes halogenated alkanes) is 23. The normalized spacial score (nSPS) is 12.4. The van der Waals surface area contributed by atoms with E-state index in [1.54, 1.807) is 0 Å². The number of hydrogen-bond acceptors (Lipinski definition) is 1. The summed E-state index contributed by atoms with van der Waals surface area (Å²) < 4.78 is 6.40. The van der Waals surface area contributed by atoms with Crippen molar-refractivity contribution < 1.29 is 4.74 Å². The van der Waals surface area contributed by atoms with E-state index in [1.165, 1.54) is 180 Å². The Morgan fingerprint density at radius 2 is 0.588 bits per heavy atom. The van der Waals surface area contributed by atoms with Gasteiger partial charge < -0.3 is 4.74 Å². The molecule has 34 heavy (non-hydrogen) atoms. The van der Waals surface area contributed by atoms with Crippen molar-refractivity contribution in [3.05, 3.63) is 0 Å². The second-order valence-corrected chi connectivity index (χ2v) is 11.2. The van der Waals surface area contributed by atoms with Crippen molar-refractivity contribution in [2.24, 2.45) is 0 Å². The zero-order chi connectivity index (χ0) is 24.8. The minimum Gasteiger partial charge on any atom is -0.378 e. The van der Waals surface area contributed by atoms with Gasteiger partial charge in [-0.05, 0) is 19.3 Å². The summed E-state index contributed by atoms with van der Waals surface area (Å²) in [5, 5.41) is 0. The van der Waals surface area contributed by atoms with Crippen LogP contribution in [0.15, 0.2) is 0 Å².